The number of rotatable bonds is 2. The van der Waals surface area contributed by atoms with Gasteiger partial charge in [0.2, 0.25) is 0 Å². The Bertz CT molecular complexity index is 1060. The Morgan fingerprint density at radius 1 is 0.500 bits per heavy atom. The molecule has 0 aliphatic carbocycles. The normalized spacial score (nSPS) is 11.3. The largest absolute Gasteiger partial charge is 0.245 e. The highest BCUT2D eigenvalue weighted by Gasteiger charge is 2.04. The van der Waals surface area contributed by atoms with Crippen molar-refractivity contribution in [2.45, 2.75) is 0 Å². The SMILES string of the molecule is c1nc2cc(-c3ccc(-c4ccc5scnc5c4)cc3)ccc2s1. The van der Waals surface area contributed by atoms with Gasteiger partial charge in [0.1, 0.15) is 0 Å². The van der Waals surface area contributed by atoms with Gasteiger partial charge in [-0.25, -0.2) is 9.97 Å². The molecule has 0 saturated heterocycles. The third kappa shape index (κ3) is 2.31. The molecule has 3 aromatic carbocycles. The van der Waals surface area contributed by atoms with E-state index in [0.717, 1.165) is 11.0 Å². The lowest BCUT2D eigenvalue weighted by molar-refractivity contribution is 1.49. The summed E-state index contributed by atoms with van der Waals surface area (Å²) in [5.41, 5.74) is 10.8. The van der Waals surface area contributed by atoms with Gasteiger partial charge in [-0.05, 0) is 46.5 Å². The monoisotopic (exact) mass is 344 g/mol. The van der Waals surface area contributed by atoms with E-state index in [1.807, 2.05) is 11.0 Å². The van der Waals surface area contributed by atoms with Crippen LogP contribution in [0.5, 0.6) is 0 Å². The van der Waals surface area contributed by atoms with Gasteiger partial charge in [0.05, 0.1) is 31.5 Å². The van der Waals surface area contributed by atoms with E-state index >= 15 is 0 Å². The van der Waals surface area contributed by atoms with Gasteiger partial charge in [-0.1, -0.05) is 36.4 Å². The van der Waals surface area contributed by atoms with Gasteiger partial charge in [0, 0.05) is 0 Å². The predicted octanol–water partition coefficient (Wildman–Crippen LogP) is 6.24. The molecule has 0 aliphatic heterocycles. The van der Waals surface area contributed by atoms with Crippen molar-refractivity contribution in [3.63, 3.8) is 0 Å². The first kappa shape index (κ1) is 13.8. The highest BCUT2D eigenvalue weighted by molar-refractivity contribution is 7.17. The highest BCUT2D eigenvalue weighted by atomic mass is 32.1. The third-order valence-corrected chi connectivity index (χ3v) is 5.83. The first-order valence-corrected chi connectivity index (χ1v) is 9.40. The fourth-order valence-electron chi connectivity index (χ4n) is 2.93. The lowest BCUT2D eigenvalue weighted by Crippen LogP contribution is -1.81. The molecule has 0 spiro atoms. The average molecular weight is 344 g/mol. The topological polar surface area (TPSA) is 25.8 Å². The molecule has 24 heavy (non-hydrogen) atoms. The molecular weight excluding hydrogens is 332 g/mol. The quantitative estimate of drug-likeness (QED) is 0.379. The second-order valence-corrected chi connectivity index (χ2v) is 7.42. The molecule has 5 rings (SSSR count). The summed E-state index contributed by atoms with van der Waals surface area (Å²) >= 11 is 3.35. The number of benzene rings is 3. The van der Waals surface area contributed by atoms with Gasteiger partial charge in [-0.15, -0.1) is 22.7 Å². The fraction of sp³-hybridized carbons (Fsp3) is 0. The molecule has 0 saturated carbocycles. The number of nitrogens with zero attached hydrogens (tertiary/aromatic N) is 2. The van der Waals surface area contributed by atoms with E-state index < -0.39 is 0 Å². The maximum atomic E-state index is 4.41. The number of hydrogen-bond acceptors (Lipinski definition) is 4. The van der Waals surface area contributed by atoms with Gasteiger partial charge < -0.3 is 0 Å². The summed E-state index contributed by atoms with van der Waals surface area (Å²) in [4.78, 5) is 8.81. The number of aromatic nitrogens is 2. The number of fused-ring (bicyclic) bond motifs is 2. The van der Waals surface area contributed by atoms with Gasteiger partial charge in [-0.2, -0.15) is 0 Å². The minimum atomic E-state index is 1.07. The Labute approximate surface area is 147 Å². The van der Waals surface area contributed by atoms with E-state index in [0.29, 0.717) is 0 Å². The van der Waals surface area contributed by atoms with Crippen molar-refractivity contribution < 1.29 is 0 Å². The van der Waals surface area contributed by atoms with Crippen LogP contribution in [0.2, 0.25) is 0 Å². The highest BCUT2D eigenvalue weighted by Crippen LogP contribution is 2.30. The minimum Gasteiger partial charge on any atom is -0.245 e. The van der Waals surface area contributed by atoms with Crippen LogP contribution < -0.4 is 0 Å². The van der Waals surface area contributed by atoms with Crippen LogP contribution in [0.1, 0.15) is 0 Å². The molecule has 0 unspecified atom stereocenters. The maximum absolute atomic E-state index is 4.41. The van der Waals surface area contributed by atoms with Gasteiger partial charge >= 0.3 is 0 Å². The van der Waals surface area contributed by atoms with Crippen LogP contribution >= 0.6 is 22.7 Å². The molecule has 0 aliphatic rings. The molecule has 2 nitrogen and oxygen atoms in total. The Balaban J connectivity index is 1.53. The smallest absolute Gasteiger partial charge is 0.0818 e. The summed E-state index contributed by atoms with van der Waals surface area (Å²) in [5.74, 6) is 0. The van der Waals surface area contributed by atoms with Crippen LogP contribution in [0.3, 0.4) is 0 Å². The van der Waals surface area contributed by atoms with E-state index in [4.69, 9.17) is 0 Å². The van der Waals surface area contributed by atoms with E-state index in [-0.39, 0.29) is 0 Å². The third-order valence-electron chi connectivity index (χ3n) is 4.21. The second kappa shape index (κ2) is 5.51. The van der Waals surface area contributed by atoms with Crippen LogP contribution in [0.15, 0.2) is 71.7 Å². The van der Waals surface area contributed by atoms with Crippen LogP contribution in [0, 0.1) is 0 Å². The zero-order chi connectivity index (χ0) is 15.9. The molecule has 0 atom stereocenters. The summed E-state index contributed by atoms with van der Waals surface area (Å²) in [6.07, 6.45) is 0. The number of hydrogen-bond donors (Lipinski definition) is 0. The van der Waals surface area contributed by atoms with Crippen molar-refractivity contribution in [2.24, 2.45) is 0 Å². The van der Waals surface area contributed by atoms with Gasteiger partial charge in [0.25, 0.3) is 0 Å². The van der Waals surface area contributed by atoms with Crippen molar-refractivity contribution in [3.8, 4) is 22.3 Å². The number of thiazole rings is 2. The Morgan fingerprint density at radius 3 is 1.38 bits per heavy atom. The van der Waals surface area contributed by atoms with E-state index in [9.17, 15) is 0 Å². The van der Waals surface area contributed by atoms with Crippen molar-refractivity contribution in [2.75, 3.05) is 0 Å². The van der Waals surface area contributed by atoms with Crippen LogP contribution in [-0.2, 0) is 0 Å². The average Bonchev–Trinajstić information content (AvgIpc) is 3.29. The Kier molecular flexibility index (Phi) is 3.18. The summed E-state index contributed by atoms with van der Waals surface area (Å²) < 4.78 is 2.46. The molecule has 2 aromatic heterocycles. The van der Waals surface area contributed by atoms with Crippen molar-refractivity contribution >= 4 is 43.1 Å². The lowest BCUT2D eigenvalue weighted by atomic mass is 10.00. The molecular formula is C20H12N2S2. The van der Waals surface area contributed by atoms with Crippen LogP contribution in [0.25, 0.3) is 42.7 Å². The van der Waals surface area contributed by atoms with Crippen LogP contribution in [0.4, 0.5) is 0 Å². The zero-order valence-electron chi connectivity index (χ0n) is 12.6. The van der Waals surface area contributed by atoms with Crippen molar-refractivity contribution in [1.82, 2.24) is 9.97 Å². The molecule has 0 amide bonds. The summed E-state index contributed by atoms with van der Waals surface area (Å²) in [7, 11) is 0. The van der Waals surface area contributed by atoms with Gasteiger partial charge in [-0.3, -0.25) is 0 Å². The fourth-order valence-corrected chi connectivity index (χ4v) is 4.25. The second-order valence-electron chi connectivity index (χ2n) is 5.65. The minimum absolute atomic E-state index is 1.07. The zero-order valence-corrected chi connectivity index (χ0v) is 14.3. The lowest BCUT2D eigenvalue weighted by Gasteiger charge is -2.05. The molecule has 114 valence electrons. The molecule has 0 bridgehead atoms. The van der Waals surface area contributed by atoms with Crippen LogP contribution in [-0.4, -0.2) is 9.97 Å². The first-order valence-electron chi connectivity index (χ1n) is 7.64. The molecule has 2 heterocycles. The Hall–Kier alpha value is -2.56. The standard InChI is InChI=1S/C20H12N2S2/c1-2-14(16-6-8-20-18(10-16)22-12-24-20)4-3-13(1)15-5-7-19-17(9-15)21-11-23-19/h1-12H. The van der Waals surface area contributed by atoms with Crippen molar-refractivity contribution in [3.05, 3.63) is 71.7 Å². The molecule has 0 N–H and O–H groups in total. The molecule has 5 aromatic rings. The summed E-state index contributed by atoms with van der Waals surface area (Å²) in [5, 5.41) is 0. The van der Waals surface area contributed by atoms with E-state index in [2.05, 4.69) is 70.6 Å². The summed E-state index contributed by atoms with van der Waals surface area (Å²) in [6.45, 7) is 0. The Morgan fingerprint density at radius 2 is 0.917 bits per heavy atom. The maximum Gasteiger partial charge on any atom is 0.0818 e. The van der Waals surface area contributed by atoms with Crippen molar-refractivity contribution in [1.29, 1.82) is 0 Å². The molecule has 0 radical (unpaired) electrons. The van der Waals surface area contributed by atoms with Gasteiger partial charge in [0.15, 0.2) is 0 Å². The predicted molar refractivity (Wildman–Crippen MR) is 104 cm³/mol. The molecule has 4 heteroatoms. The molecule has 0 fully saturated rings. The first-order chi connectivity index (χ1) is 11.9. The summed E-state index contributed by atoms with van der Waals surface area (Å²) in [6, 6.07) is 21.6. The van der Waals surface area contributed by atoms with E-state index in [1.165, 1.54) is 31.7 Å². The van der Waals surface area contributed by atoms with E-state index in [1.54, 1.807) is 22.7 Å².